The maximum atomic E-state index is 13.0. The van der Waals surface area contributed by atoms with Crippen LogP contribution in [0.3, 0.4) is 0 Å². The molecule has 2 saturated heterocycles. The van der Waals surface area contributed by atoms with Crippen molar-refractivity contribution in [3.8, 4) is 5.82 Å². The lowest BCUT2D eigenvalue weighted by Crippen LogP contribution is -2.52. The number of anilines is 1. The fourth-order valence-corrected chi connectivity index (χ4v) is 4.33. The standard InChI is InChI=1S/C17H24N10O/c28-17(12-1-2-13-14(7-12)23-24-22-13)26-5-3-25(4-6-26)15-8-16(20-10-19-15)27-11-18-9-21-27/h8-14,22-24H,1-7H2. The third-order valence-corrected chi connectivity index (χ3v) is 5.92. The first-order valence-electron chi connectivity index (χ1n) is 9.75. The first kappa shape index (κ1) is 17.5. The smallest absolute Gasteiger partial charge is 0.225 e. The first-order chi connectivity index (χ1) is 13.8. The van der Waals surface area contributed by atoms with Crippen LogP contribution in [0, 0.1) is 5.92 Å². The van der Waals surface area contributed by atoms with Crippen LogP contribution in [0.1, 0.15) is 19.3 Å². The Morgan fingerprint density at radius 2 is 1.82 bits per heavy atom. The van der Waals surface area contributed by atoms with Crippen LogP contribution in [-0.2, 0) is 4.79 Å². The Bertz CT molecular complexity index is 819. The molecule has 5 rings (SSSR count). The molecule has 4 heterocycles. The molecule has 1 aliphatic carbocycles. The van der Waals surface area contributed by atoms with Crippen molar-refractivity contribution < 1.29 is 4.79 Å². The van der Waals surface area contributed by atoms with Gasteiger partial charge in [0.05, 0.1) is 0 Å². The van der Waals surface area contributed by atoms with Crippen LogP contribution in [-0.4, -0.2) is 73.8 Å². The van der Waals surface area contributed by atoms with E-state index in [4.69, 9.17) is 0 Å². The normalized spacial score (nSPS) is 27.6. The number of fused-ring (bicyclic) bond motifs is 1. The summed E-state index contributed by atoms with van der Waals surface area (Å²) in [6.07, 6.45) is 7.49. The van der Waals surface area contributed by atoms with E-state index < -0.39 is 0 Å². The maximum Gasteiger partial charge on any atom is 0.225 e. The van der Waals surface area contributed by atoms with Gasteiger partial charge >= 0.3 is 0 Å². The van der Waals surface area contributed by atoms with Crippen LogP contribution in [0.25, 0.3) is 5.82 Å². The van der Waals surface area contributed by atoms with E-state index in [1.807, 2.05) is 11.0 Å². The number of rotatable bonds is 3. The molecule has 28 heavy (non-hydrogen) atoms. The van der Waals surface area contributed by atoms with E-state index in [2.05, 4.69) is 41.3 Å². The average molecular weight is 384 g/mol. The van der Waals surface area contributed by atoms with Crippen molar-refractivity contribution in [1.82, 2.24) is 46.0 Å². The number of aromatic nitrogens is 5. The molecule has 2 aromatic heterocycles. The molecule has 3 atom stereocenters. The Hall–Kier alpha value is -2.63. The highest BCUT2D eigenvalue weighted by atomic mass is 16.2. The summed E-state index contributed by atoms with van der Waals surface area (Å²) in [5.74, 6) is 1.93. The summed E-state index contributed by atoms with van der Waals surface area (Å²) in [4.78, 5) is 29.8. The minimum Gasteiger partial charge on any atom is -0.353 e. The second-order valence-electron chi connectivity index (χ2n) is 7.52. The van der Waals surface area contributed by atoms with Crippen LogP contribution >= 0.6 is 0 Å². The number of hydrogen-bond donors (Lipinski definition) is 3. The molecule has 3 fully saturated rings. The van der Waals surface area contributed by atoms with Gasteiger partial charge in [-0.15, -0.1) is 0 Å². The predicted molar refractivity (Wildman–Crippen MR) is 100 cm³/mol. The molecular weight excluding hydrogens is 360 g/mol. The van der Waals surface area contributed by atoms with E-state index >= 15 is 0 Å². The van der Waals surface area contributed by atoms with E-state index in [1.165, 1.54) is 6.33 Å². The molecule has 0 aromatic carbocycles. The Balaban J connectivity index is 1.20. The van der Waals surface area contributed by atoms with Crippen LogP contribution in [0.5, 0.6) is 0 Å². The highest BCUT2D eigenvalue weighted by Gasteiger charge is 2.38. The van der Waals surface area contributed by atoms with E-state index in [-0.39, 0.29) is 11.8 Å². The summed E-state index contributed by atoms with van der Waals surface area (Å²) >= 11 is 0. The minimum atomic E-state index is 0.111. The summed E-state index contributed by atoms with van der Waals surface area (Å²) < 4.78 is 1.61. The predicted octanol–water partition coefficient (Wildman–Crippen LogP) is -1.14. The molecule has 3 unspecified atom stereocenters. The van der Waals surface area contributed by atoms with Crippen molar-refractivity contribution in [3.63, 3.8) is 0 Å². The third-order valence-electron chi connectivity index (χ3n) is 5.92. The lowest BCUT2D eigenvalue weighted by Gasteiger charge is -2.38. The van der Waals surface area contributed by atoms with Gasteiger partial charge in [-0.05, 0) is 19.3 Å². The van der Waals surface area contributed by atoms with Gasteiger partial charge in [-0.25, -0.2) is 30.5 Å². The number of carbonyl (C=O) groups excluding carboxylic acids is 1. The Kier molecular flexibility index (Phi) is 4.63. The highest BCUT2D eigenvalue weighted by molar-refractivity contribution is 5.79. The van der Waals surface area contributed by atoms with E-state index in [0.717, 1.165) is 51.3 Å². The number of nitrogens with one attached hydrogen (secondary N) is 3. The Labute approximate surface area is 162 Å². The first-order valence-corrected chi connectivity index (χ1v) is 9.75. The largest absolute Gasteiger partial charge is 0.353 e. The quantitative estimate of drug-likeness (QED) is 0.603. The van der Waals surface area contributed by atoms with Gasteiger partial charge in [0, 0.05) is 50.2 Å². The van der Waals surface area contributed by atoms with Crippen molar-refractivity contribution in [1.29, 1.82) is 0 Å². The lowest BCUT2D eigenvalue weighted by atomic mass is 9.82. The Morgan fingerprint density at radius 1 is 1.00 bits per heavy atom. The molecule has 3 aliphatic rings. The molecule has 1 amide bonds. The number of carbonyl (C=O) groups is 1. The van der Waals surface area contributed by atoms with Gasteiger partial charge in [0.25, 0.3) is 0 Å². The molecule has 2 aliphatic heterocycles. The molecule has 2 aromatic rings. The third kappa shape index (κ3) is 3.32. The summed E-state index contributed by atoms with van der Waals surface area (Å²) in [5, 5.41) is 4.11. The Morgan fingerprint density at radius 3 is 2.64 bits per heavy atom. The summed E-state index contributed by atoms with van der Waals surface area (Å²) in [6.45, 7) is 2.96. The number of piperazine rings is 1. The van der Waals surface area contributed by atoms with Gasteiger partial charge in [-0.1, -0.05) is 0 Å². The highest BCUT2D eigenvalue weighted by Crippen LogP contribution is 2.28. The van der Waals surface area contributed by atoms with Crippen molar-refractivity contribution >= 4 is 11.7 Å². The van der Waals surface area contributed by atoms with Crippen molar-refractivity contribution in [3.05, 3.63) is 25.0 Å². The monoisotopic (exact) mass is 384 g/mol. The molecule has 3 N–H and O–H groups in total. The molecule has 11 heteroatoms. The zero-order valence-electron chi connectivity index (χ0n) is 15.5. The second-order valence-corrected chi connectivity index (χ2v) is 7.52. The van der Waals surface area contributed by atoms with Gasteiger partial charge in [0.2, 0.25) is 5.91 Å². The van der Waals surface area contributed by atoms with Crippen LogP contribution in [0.15, 0.2) is 25.0 Å². The zero-order chi connectivity index (χ0) is 18.9. The van der Waals surface area contributed by atoms with Gasteiger partial charge in [-0.2, -0.15) is 10.6 Å². The molecule has 148 valence electrons. The fraction of sp³-hybridized carbons (Fsp3) is 0.588. The zero-order valence-corrected chi connectivity index (χ0v) is 15.5. The molecule has 0 bridgehead atoms. The SMILES string of the molecule is O=C(C1CCC2NNNC2C1)N1CCN(c2cc(-n3cncn3)ncn2)CC1. The molecule has 0 radical (unpaired) electrons. The topological polar surface area (TPSA) is 116 Å². The van der Waals surface area contributed by atoms with Gasteiger partial charge in [-0.3, -0.25) is 4.79 Å². The number of nitrogens with zero attached hydrogens (tertiary/aromatic N) is 7. The molecule has 0 spiro atoms. The second kappa shape index (κ2) is 7.41. The van der Waals surface area contributed by atoms with Crippen molar-refractivity contribution in [2.75, 3.05) is 31.1 Å². The van der Waals surface area contributed by atoms with E-state index in [1.54, 1.807) is 17.3 Å². The van der Waals surface area contributed by atoms with Crippen LogP contribution in [0.4, 0.5) is 5.82 Å². The van der Waals surface area contributed by atoms with Crippen molar-refractivity contribution in [2.24, 2.45) is 5.92 Å². The summed E-state index contributed by atoms with van der Waals surface area (Å²) in [7, 11) is 0. The fourth-order valence-electron chi connectivity index (χ4n) is 4.33. The lowest BCUT2D eigenvalue weighted by molar-refractivity contribution is -0.137. The molecular formula is C17H24N10O. The van der Waals surface area contributed by atoms with Crippen LogP contribution < -0.4 is 21.3 Å². The van der Waals surface area contributed by atoms with E-state index in [9.17, 15) is 4.79 Å². The van der Waals surface area contributed by atoms with Gasteiger partial charge < -0.3 is 9.80 Å². The average Bonchev–Trinajstić information content (AvgIpc) is 3.45. The van der Waals surface area contributed by atoms with E-state index in [0.29, 0.717) is 17.9 Å². The summed E-state index contributed by atoms with van der Waals surface area (Å²) in [5.41, 5.74) is 9.44. The number of hydrogen-bond acceptors (Lipinski definition) is 9. The van der Waals surface area contributed by atoms with Crippen LogP contribution in [0.2, 0.25) is 0 Å². The van der Waals surface area contributed by atoms with Crippen molar-refractivity contribution in [2.45, 2.75) is 31.3 Å². The number of amides is 1. The molecule has 1 saturated carbocycles. The minimum absolute atomic E-state index is 0.111. The van der Waals surface area contributed by atoms with Gasteiger partial charge in [0.1, 0.15) is 24.8 Å². The molecule has 11 nitrogen and oxygen atoms in total. The van der Waals surface area contributed by atoms with Gasteiger partial charge in [0.15, 0.2) is 5.82 Å². The number of hydrazine groups is 2. The summed E-state index contributed by atoms with van der Waals surface area (Å²) in [6, 6.07) is 2.66. The maximum absolute atomic E-state index is 13.0.